The fourth-order valence-corrected chi connectivity index (χ4v) is 3.60. The second-order valence-electron chi connectivity index (χ2n) is 8.14. The van der Waals surface area contributed by atoms with Crippen molar-refractivity contribution < 1.29 is 9.59 Å². The van der Waals surface area contributed by atoms with Crippen LogP contribution in [-0.4, -0.2) is 43.0 Å². The normalized spacial score (nSPS) is 13.1. The Balaban J connectivity index is 1.88. The van der Waals surface area contributed by atoms with Gasteiger partial charge in [0.1, 0.15) is 0 Å². The predicted molar refractivity (Wildman–Crippen MR) is 122 cm³/mol. The topological polar surface area (TPSA) is 64.7 Å². The van der Waals surface area contributed by atoms with E-state index in [2.05, 4.69) is 10.6 Å². The highest BCUT2D eigenvalue weighted by atomic mass is 35.5. The number of hydrogen-bond donors (Lipinski definition) is 2. The molecule has 0 atom stereocenters. The minimum absolute atomic E-state index is 0.0455. The molecule has 2 aromatic carbocycles. The Bertz CT molecular complexity index is 925. The van der Waals surface area contributed by atoms with Crippen LogP contribution in [0.15, 0.2) is 42.5 Å². The summed E-state index contributed by atoms with van der Waals surface area (Å²) >= 11 is 6.29. The van der Waals surface area contributed by atoms with E-state index in [-0.39, 0.29) is 24.0 Å². The summed E-state index contributed by atoms with van der Waals surface area (Å²) in [6.07, 6.45) is 1.98. The summed E-state index contributed by atoms with van der Waals surface area (Å²) in [5.41, 5.74) is 3.18. The molecule has 0 unspecified atom stereocenters. The maximum Gasteiger partial charge on any atom is 0.319 e. The fraction of sp³-hybridized carbons (Fsp3) is 0.391. The van der Waals surface area contributed by atoms with Crippen molar-refractivity contribution in [1.29, 1.82) is 0 Å². The summed E-state index contributed by atoms with van der Waals surface area (Å²) in [4.78, 5) is 29.3. The lowest BCUT2D eigenvalue weighted by Gasteiger charge is -2.26. The third kappa shape index (κ3) is 5.45. The van der Waals surface area contributed by atoms with Crippen LogP contribution >= 0.6 is 11.6 Å². The van der Waals surface area contributed by atoms with Gasteiger partial charge in [0.15, 0.2) is 0 Å². The zero-order valence-corrected chi connectivity index (χ0v) is 18.7. The molecule has 3 rings (SSSR count). The van der Waals surface area contributed by atoms with Gasteiger partial charge in [0, 0.05) is 44.1 Å². The van der Waals surface area contributed by atoms with E-state index in [0.29, 0.717) is 22.8 Å². The van der Waals surface area contributed by atoms with E-state index in [4.69, 9.17) is 11.6 Å². The monoisotopic (exact) mass is 428 g/mol. The summed E-state index contributed by atoms with van der Waals surface area (Å²) in [6.45, 7) is 4.27. The number of halogens is 1. The first-order chi connectivity index (χ1) is 14.3. The number of anilines is 2. The van der Waals surface area contributed by atoms with Crippen molar-refractivity contribution in [2.24, 2.45) is 0 Å². The molecule has 2 aromatic rings. The van der Waals surface area contributed by atoms with Crippen LogP contribution in [0, 0.1) is 0 Å². The number of nitrogens with one attached hydrogen (secondary N) is 2. The SMILES string of the molecule is CC(C)NC(=O)Nc1ccc(N(C)C)c(CN(C(=O)c2ccccc2Cl)C2CC2)c1. The summed E-state index contributed by atoms with van der Waals surface area (Å²) in [5.74, 6) is -0.0660. The predicted octanol–water partition coefficient (Wildman–Crippen LogP) is 4.74. The minimum atomic E-state index is -0.250. The molecular weight excluding hydrogens is 400 g/mol. The zero-order chi connectivity index (χ0) is 21.8. The Morgan fingerprint density at radius 2 is 1.83 bits per heavy atom. The van der Waals surface area contributed by atoms with Gasteiger partial charge in [-0.15, -0.1) is 0 Å². The average molecular weight is 429 g/mol. The summed E-state index contributed by atoms with van der Waals surface area (Å²) in [6, 6.07) is 12.9. The highest BCUT2D eigenvalue weighted by Crippen LogP contribution is 2.33. The molecule has 0 heterocycles. The molecule has 0 radical (unpaired) electrons. The second kappa shape index (κ2) is 9.39. The number of amides is 3. The molecular formula is C23H29ClN4O2. The lowest BCUT2D eigenvalue weighted by Crippen LogP contribution is -2.34. The molecule has 30 heavy (non-hydrogen) atoms. The Morgan fingerprint density at radius 3 is 2.43 bits per heavy atom. The first-order valence-electron chi connectivity index (χ1n) is 10.2. The van der Waals surface area contributed by atoms with Gasteiger partial charge >= 0.3 is 6.03 Å². The Hall–Kier alpha value is -2.73. The molecule has 1 fully saturated rings. The number of carbonyl (C=O) groups excluding carboxylic acids is 2. The van der Waals surface area contributed by atoms with Crippen molar-refractivity contribution in [1.82, 2.24) is 10.2 Å². The summed E-state index contributed by atoms with van der Waals surface area (Å²) < 4.78 is 0. The van der Waals surface area contributed by atoms with E-state index < -0.39 is 0 Å². The maximum atomic E-state index is 13.3. The van der Waals surface area contributed by atoms with Gasteiger partial charge in [-0.25, -0.2) is 4.79 Å². The molecule has 0 aliphatic heterocycles. The largest absolute Gasteiger partial charge is 0.377 e. The second-order valence-corrected chi connectivity index (χ2v) is 8.54. The Kier molecular flexibility index (Phi) is 6.87. The molecule has 0 saturated heterocycles. The fourth-order valence-electron chi connectivity index (χ4n) is 3.38. The van der Waals surface area contributed by atoms with E-state index >= 15 is 0 Å². The summed E-state index contributed by atoms with van der Waals surface area (Å²) in [5, 5.41) is 6.16. The third-order valence-electron chi connectivity index (χ3n) is 4.93. The van der Waals surface area contributed by atoms with E-state index in [0.717, 1.165) is 24.1 Å². The first-order valence-corrected chi connectivity index (χ1v) is 10.6. The highest BCUT2D eigenvalue weighted by Gasteiger charge is 2.34. The smallest absolute Gasteiger partial charge is 0.319 e. The van der Waals surface area contributed by atoms with E-state index in [1.54, 1.807) is 12.1 Å². The standard InChI is InChI=1S/C23H29ClN4O2/c1-15(2)25-23(30)26-17-9-12-21(27(3)4)16(13-17)14-28(18-10-11-18)22(29)19-7-5-6-8-20(19)24/h5-9,12-13,15,18H,10-11,14H2,1-4H3,(H2,25,26,30). The van der Waals surface area contributed by atoms with Gasteiger partial charge < -0.3 is 20.4 Å². The van der Waals surface area contributed by atoms with Crippen molar-refractivity contribution in [3.8, 4) is 0 Å². The van der Waals surface area contributed by atoms with Crippen molar-refractivity contribution in [3.63, 3.8) is 0 Å². The number of nitrogens with zero attached hydrogens (tertiary/aromatic N) is 2. The van der Waals surface area contributed by atoms with E-state index in [9.17, 15) is 9.59 Å². The van der Waals surface area contributed by atoms with Crippen LogP contribution in [0.1, 0.15) is 42.6 Å². The number of rotatable bonds is 7. The lowest BCUT2D eigenvalue weighted by atomic mass is 10.1. The van der Waals surface area contributed by atoms with Crippen LogP contribution in [0.2, 0.25) is 5.02 Å². The van der Waals surface area contributed by atoms with Crippen LogP contribution in [0.5, 0.6) is 0 Å². The van der Waals surface area contributed by atoms with Gasteiger partial charge in [-0.2, -0.15) is 0 Å². The van der Waals surface area contributed by atoms with Crippen LogP contribution in [0.4, 0.5) is 16.2 Å². The van der Waals surface area contributed by atoms with Crippen molar-refractivity contribution in [2.45, 2.75) is 45.3 Å². The molecule has 1 aliphatic carbocycles. The van der Waals surface area contributed by atoms with Crippen LogP contribution in [-0.2, 0) is 6.54 Å². The molecule has 2 N–H and O–H groups in total. The minimum Gasteiger partial charge on any atom is -0.377 e. The number of carbonyl (C=O) groups is 2. The lowest BCUT2D eigenvalue weighted by molar-refractivity contribution is 0.0730. The molecule has 6 nitrogen and oxygen atoms in total. The Labute approximate surface area is 183 Å². The number of urea groups is 1. The molecule has 0 bridgehead atoms. The van der Waals surface area contributed by atoms with Gasteiger partial charge in [-0.1, -0.05) is 23.7 Å². The summed E-state index contributed by atoms with van der Waals surface area (Å²) in [7, 11) is 3.93. The van der Waals surface area contributed by atoms with E-state index in [1.165, 1.54) is 0 Å². The molecule has 0 spiro atoms. The quantitative estimate of drug-likeness (QED) is 0.669. The third-order valence-corrected chi connectivity index (χ3v) is 5.26. The van der Waals surface area contributed by atoms with Gasteiger partial charge in [0.25, 0.3) is 5.91 Å². The van der Waals surface area contributed by atoms with Gasteiger partial charge in [0.05, 0.1) is 10.6 Å². The van der Waals surface area contributed by atoms with Gasteiger partial charge in [0.2, 0.25) is 0 Å². The number of benzene rings is 2. The van der Waals surface area contributed by atoms with Crippen molar-refractivity contribution >= 4 is 34.9 Å². The molecule has 7 heteroatoms. The molecule has 1 saturated carbocycles. The highest BCUT2D eigenvalue weighted by molar-refractivity contribution is 6.33. The molecule has 3 amide bonds. The molecule has 160 valence electrons. The maximum absolute atomic E-state index is 13.3. The van der Waals surface area contributed by atoms with Crippen LogP contribution in [0.3, 0.4) is 0 Å². The van der Waals surface area contributed by atoms with Crippen molar-refractivity contribution in [3.05, 3.63) is 58.6 Å². The Morgan fingerprint density at radius 1 is 1.13 bits per heavy atom. The van der Waals surface area contributed by atoms with E-state index in [1.807, 2.05) is 68.1 Å². The zero-order valence-electron chi connectivity index (χ0n) is 17.9. The molecule has 0 aromatic heterocycles. The van der Waals surface area contributed by atoms with Crippen LogP contribution < -0.4 is 15.5 Å². The van der Waals surface area contributed by atoms with Crippen LogP contribution in [0.25, 0.3) is 0 Å². The van der Waals surface area contributed by atoms with Gasteiger partial charge in [-0.3, -0.25) is 4.79 Å². The van der Waals surface area contributed by atoms with Gasteiger partial charge in [-0.05, 0) is 62.6 Å². The average Bonchev–Trinajstić information content (AvgIpc) is 3.50. The first kappa shape index (κ1) is 22.0. The molecule has 1 aliphatic rings. The van der Waals surface area contributed by atoms with Crippen molar-refractivity contribution in [2.75, 3.05) is 24.3 Å². The number of hydrogen-bond acceptors (Lipinski definition) is 3.